The second kappa shape index (κ2) is 8.83. The van der Waals surface area contributed by atoms with E-state index in [2.05, 4.69) is 6.92 Å². The van der Waals surface area contributed by atoms with Gasteiger partial charge in [-0.3, -0.25) is 0 Å². The molecule has 0 N–H and O–H groups in total. The largest absolute Gasteiger partial charge is 0.416 e. The maximum Gasteiger partial charge on any atom is 0.416 e. The lowest BCUT2D eigenvalue weighted by atomic mass is 10.0. The standard InChI is InChI=1S/C21H23F5O/c1-3-4-5-6-16-7-11-19(12-8-16)21(25,26)27-15(2)17-9-13-18(14-10-17)20(22,23)24/h7-15H,3-6H2,1-2H3. The molecule has 0 radical (unpaired) electrons. The van der Waals surface area contributed by atoms with E-state index in [0.29, 0.717) is 0 Å². The first kappa shape index (κ1) is 21.4. The minimum Gasteiger partial charge on any atom is -0.309 e. The van der Waals surface area contributed by atoms with E-state index in [-0.39, 0.29) is 11.1 Å². The Morgan fingerprint density at radius 1 is 0.815 bits per heavy atom. The van der Waals surface area contributed by atoms with Crippen molar-refractivity contribution in [2.45, 2.75) is 57.9 Å². The summed E-state index contributed by atoms with van der Waals surface area (Å²) in [6, 6.07) is 10.0. The molecule has 0 bridgehead atoms. The van der Waals surface area contributed by atoms with E-state index in [1.165, 1.54) is 19.1 Å². The van der Waals surface area contributed by atoms with Gasteiger partial charge in [0.1, 0.15) is 0 Å². The van der Waals surface area contributed by atoms with Gasteiger partial charge in [0.15, 0.2) is 0 Å². The summed E-state index contributed by atoms with van der Waals surface area (Å²) in [6.07, 6.45) is -5.05. The predicted octanol–water partition coefficient (Wildman–Crippen LogP) is 7.27. The molecular weight excluding hydrogens is 363 g/mol. The summed E-state index contributed by atoms with van der Waals surface area (Å²) in [5, 5.41) is 0. The van der Waals surface area contributed by atoms with Crippen molar-refractivity contribution in [3.05, 3.63) is 70.8 Å². The van der Waals surface area contributed by atoms with Gasteiger partial charge in [-0.15, -0.1) is 0 Å². The number of hydrogen-bond acceptors (Lipinski definition) is 1. The van der Waals surface area contributed by atoms with Crippen LogP contribution in [0.3, 0.4) is 0 Å². The zero-order valence-electron chi connectivity index (χ0n) is 15.3. The van der Waals surface area contributed by atoms with E-state index < -0.39 is 24.0 Å². The van der Waals surface area contributed by atoms with Gasteiger partial charge < -0.3 is 4.74 Å². The number of benzene rings is 2. The molecule has 0 aliphatic carbocycles. The maximum absolute atomic E-state index is 14.4. The highest BCUT2D eigenvalue weighted by Gasteiger charge is 2.36. The lowest BCUT2D eigenvalue weighted by Crippen LogP contribution is -2.20. The van der Waals surface area contributed by atoms with Crippen molar-refractivity contribution in [2.24, 2.45) is 0 Å². The first-order chi connectivity index (χ1) is 12.6. The average molecular weight is 386 g/mol. The Labute approximate surface area is 156 Å². The quantitative estimate of drug-likeness (QED) is 0.342. The third kappa shape index (κ3) is 6.03. The van der Waals surface area contributed by atoms with Crippen LogP contribution >= 0.6 is 0 Å². The molecule has 0 fully saturated rings. The van der Waals surface area contributed by atoms with Crippen LogP contribution in [-0.4, -0.2) is 0 Å². The van der Waals surface area contributed by atoms with Crippen LogP contribution in [0.25, 0.3) is 0 Å². The molecule has 2 rings (SSSR count). The number of rotatable bonds is 8. The Bertz CT molecular complexity index is 705. The average Bonchev–Trinajstić information content (AvgIpc) is 2.61. The van der Waals surface area contributed by atoms with Crippen molar-refractivity contribution in [3.63, 3.8) is 0 Å². The van der Waals surface area contributed by atoms with E-state index in [0.717, 1.165) is 55.5 Å². The second-order valence-corrected chi connectivity index (χ2v) is 6.55. The van der Waals surface area contributed by atoms with Gasteiger partial charge in [-0.2, -0.15) is 22.0 Å². The van der Waals surface area contributed by atoms with Gasteiger partial charge in [-0.1, -0.05) is 56.2 Å². The Hall–Kier alpha value is -1.95. The number of halogens is 5. The second-order valence-electron chi connectivity index (χ2n) is 6.55. The molecule has 2 aromatic rings. The van der Waals surface area contributed by atoms with Gasteiger partial charge in [0, 0.05) is 0 Å². The number of ether oxygens (including phenoxy) is 1. The van der Waals surface area contributed by atoms with E-state index >= 15 is 0 Å². The molecule has 6 heteroatoms. The fraction of sp³-hybridized carbons (Fsp3) is 0.429. The van der Waals surface area contributed by atoms with E-state index in [9.17, 15) is 22.0 Å². The molecule has 1 atom stereocenters. The van der Waals surface area contributed by atoms with Gasteiger partial charge in [-0.25, -0.2) is 0 Å². The zero-order valence-corrected chi connectivity index (χ0v) is 15.3. The highest BCUT2D eigenvalue weighted by atomic mass is 19.4. The summed E-state index contributed by atoms with van der Waals surface area (Å²) >= 11 is 0. The molecule has 0 aromatic heterocycles. The summed E-state index contributed by atoms with van der Waals surface area (Å²) in [5.74, 6) is 0. The van der Waals surface area contributed by atoms with Crippen molar-refractivity contribution in [3.8, 4) is 0 Å². The maximum atomic E-state index is 14.4. The topological polar surface area (TPSA) is 9.23 Å². The molecule has 0 amide bonds. The summed E-state index contributed by atoms with van der Waals surface area (Å²) in [6.45, 7) is 3.48. The molecule has 148 valence electrons. The molecule has 0 saturated heterocycles. The minimum atomic E-state index is -4.47. The highest BCUT2D eigenvalue weighted by Crippen LogP contribution is 2.36. The van der Waals surface area contributed by atoms with Crippen molar-refractivity contribution in [1.29, 1.82) is 0 Å². The summed E-state index contributed by atoms with van der Waals surface area (Å²) in [5.41, 5.74) is 0.127. The molecule has 0 aliphatic rings. The fourth-order valence-electron chi connectivity index (χ4n) is 2.75. The number of hydrogen-bond donors (Lipinski definition) is 0. The first-order valence-electron chi connectivity index (χ1n) is 8.95. The Morgan fingerprint density at radius 2 is 1.37 bits per heavy atom. The molecule has 27 heavy (non-hydrogen) atoms. The number of unbranched alkanes of at least 4 members (excludes halogenated alkanes) is 2. The molecule has 0 heterocycles. The lowest BCUT2D eigenvalue weighted by Gasteiger charge is -2.23. The molecule has 0 saturated carbocycles. The predicted molar refractivity (Wildman–Crippen MR) is 94.5 cm³/mol. The normalized spacial score (nSPS) is 13.6. The van der Waals surface area contributed by atoms with Crippen LogP contribution in [0.15, 0.2) is 48.5 Å². The van der Waals surface area contributed by atoms with Crippen LogP contribution in [0.4, 0.5) is 22.0 Å². The molecule has 0 spiro atoms. The highest BCUT2D eigenvalue weighted by molar-refractivity contribution is 5.27. The van der Waals surface area contributed by atoms with E-state index in [1.54, 1.807) is 12.1 Å². The van der Waals surface area contributed by atoms with Crippen LogP contribution in [0.5, 0.6) is 0 Å². The van der Waals surface area contributed by atoms with Crippen molar-refractivity contribution in [2.75, 3.05) is 0 Å². The minimum absolute atomic E-state index is 0.249. The Kier molecular flexibility index (Phi) is 6.98. The van der Waals surface area contributed by atoms with Crippen LogP contribution < -0.4 is 0 Å². The molecule has 0 aliphatic heterocycles. The van der Waals surface area contributed by atoms with E-state index in [1.807, 2.05) is 0 Å². The fourth-order valence-corrected chi connectivity index (χ4v) is 2.75. The van der Waals surface area contributed by atoms with Gasteiger partial charge in [0.05, 0.1) is 17.2 Å². The Balaban J connectivity index is 2.04. The van der Waals surface area contributed by atoms with Crippen molar-refractivity contribution >= 4 is 0 Å². The first-order valence-corrected chi connectivity index (χ1v) is 8.95. The number of alkyl halides is 5. The zero-order chi connectivity index (χ0) is 20.1. The molecule has 1 unspecified atom stereocenters. The van der Waals surface area contributed by atoms with Gasteiger partial charge in [-0.05, 0) is 43.0 Å². The molecule has 1 nitrogen and oxygen atoms in total. The third-order valence-electron chi connectivity index (χ3n) is 4.39. The monoisotopic (exact) mass is 386 g/mol. The SMILES string of the molecule is CCCCCc1ccc(C(F)(F)OC(C)c2ccc(C(F)(F)F)cc2)cc1. The van der Waals surface area contributed by atoms with Gasteiger partial charge in [0.25, 0.3) is 0 Å². The number of aryl methyl sites for hydroxylation is 1. The van der Waals surface area contributed by atoms with Crippen molar-refractivity contribution in [1.82, 2.24) is 0 Å². The summed E-state index contributed by atoms with van der Waals surface area (Å²) < 4.78 is 71.4. The lowest BCUT2D eigenvalue weighted by molar-refractivity contribution is -0.272. The summed E-state index contributed by atoms with van der Waals surface area (Å²) in [4.78, 5) is 0. The molecule has 2 aromatic carbocycles. The van der Waals surface area contributed by atoms with Gasteiger partial charge >= 0.3 is 12.3 Å². The van der Waals surface area contributed by atoms with Gasteiger partial charge in [0.2, 0.25) is 0 Å². The Morgan fingerprint density at radius 3 is 1.89 bits per heavy atom. The summed E-state index contributed by atoms with van der Waals surface area (Å²) in [7, 11) is 0. The smallest absolute Gasteiger partial charge is 0.309 e. The molecular formula is C21H23F5O. The van der Waals surface area contributed by atoms with Crippen LogP contribution in [0.2, 0.25) is 0 Å². The van der Waals surface area contributed by atoms with Crippen LogP contribution in [-0.2, 0) is 23.4 Å². The van der Waals surface area contributed by atoms with Crippen molar-refractivity contribution < 1.29 is 26.7 Å². The third-order valence-corrected chi connectivity index (χ3v) is 4.39. The van der Waals surface area contributed by atoms with Crippen LogP contribution in [0.1, 0.15) is 61.5 Å². The van der Waals surface area contributed by atoms with Crippen LogP contribution in [0, 0.1) is 0 Å². The van der Waals surface area contributed by atoms with E-state index in [4.69, 9.17) is 4.74 Å².